The van der Waals surface area contributed by atoms with Crippen LogP contribution in [0, 0.1) is 18.3 Å². The van der Waals surface area contributed by atoms with Crippen molar-refractivity contribution >= 4 is 23.2 Å². The molecule has 0 spiro atoms. The van der Waals surface area contributed by atoms with Crippen molar-refractivity contribution in [1.82, 2.24) is 4.98 Å². The number of pyridine rings is 1. The van der Waals surface area contributed by atoms with Crippen LogP contribution in [0.15, 0.2) is 53.3 Å². The van der Waals surface area contributed by atoms with Gasteiger partial charge in [0.25, 0.3) is 5.56 Å². The van der Waals surface area contributed by atoms with E-state index in [1.54, 1.807) is 13.0 Å². The summed E-state index contributed by atoms with van der Waals surface area (Å²) >= 11 is 12.3. The quantitative estimate of drug-likeness (QED) is 0.595. The molecule has 0 radical (unpaired) electrons. The molecule has 1 N–H and O–H groups in total. The molecule has 0 aliphatic rings. The smallest absolute Gasteiger partial charge is 0.270 e. The highest BCUT2D eigenvalue weighted by Gasteiger charge is 2.17. The summed E-state index contributed by atoms with van der Waals surface area (Å²) in [6.07, 6.45) is 0.457. The van der Waals surface area contributed by atoms with Gasteiger partial charge in [-0.15, -0.1) is 0 Å². The fourth-order valence-electron chi connectivity index (χ4n) is 2.71. The van der Waals surface area contributed by atoms with E-state index in [9.17, 15) is 4.79 Å². The maximum absolute atomic E-state index is 12.1. The largest absolute Gasteiger partial charge is 0.493 e. The molecule has 0 aliphatic heterocycles. The molecule has 0 saturated heterocycles. The number of hydrogen-bond donors (Lipinski definition) is 1. The van der Waals surface area contributed by atoms with E-state index in [1.807, 2.05) is 36.4 Å². The average molecular weight is 415 g/mol. The zero-order valence-corrected chi connectivity index (χ0v) is 16.5. The predicted octanol–water partition coefficient (Wildman–Crippen LogP) is 5.28. The minimum atomic E-state index is -0.454. The summed E-state index contributed by atoms with van der Waals surface area (Å²) in [4.78, 5) is 14.8. The SMILES string of the molecule is Cc1[nH]c(=O)c(Cl)c(Oc2cc(Cl)cc(C#N)c2)c1CCOc1ccccc1. The van der Waals surface area contributed by atoms with Gasteiger partial charge in [0.05, 0.1) is 18.2 Å². The number of aromatic amines is 1. The van der Waals surface area contributed by atoms with E-state index in [4.69, 9.17) is 37.9 Å². The molecule has 0 amide bonds. The number of H-pyrrole nitrogens is 1. The average Bonchev–Trinajstić information content (AvgIpc) is 2.68. The Morgan fingerprint density at radius 1 is 1.11 bits per heavy atom. The van der Waals surface area contributed by atoms with Crippen LogP contribution >= 0.6 is 23.2 Å². The summed E-state index contributed by atoms with van der Waals surface area (Å²) in [7, 11) is 0. The van der Waals surface area contributed by atoms with Crippen molar-refractivity contribution in [2.24, 2.45) is 0 Å². The predicted molar refractivity (Wildman–Crippen MR) is 109 cm³/mol. The van der Waals surface area contributed by atoms with E-state index in [0.29, 0.717) is 40.6 Å². The number of nitrogens with zero attached hydrogens (tertiary/aromatic N) is 1. The molecular weight excluding hydrogens is 399 g/mol. The Hall–Kier alpha value is -2.94. The van der Waals surface area contributed by atoms with Gasteiger partial charge >= 0.3 is 0 Å². The zero-order valence-electron chi connectivity index (χ0n) is 15.0. The van der Waals surface area contributed by atoms with Gasteiger partial charge in [0.15, 0.2) is 5.75 Å². The number of ether oxygens (including phenoxy) is 2. The topological polar surface area (TPSA) is 75.1 Å². The van der Waals surface area contributed by atoms with Gasteiger partial charge in [0, 0.05) is 22.7 Å². The molecule has 0 aliphatic carbocycles. The van der Waals surface area contributed by atoms with Gasteiger partial charge in [-0.2, -0.15) is 5.26 Å². The number of nitriles is 1. The van der Waals surface area contributed by atoms with Gasteiger partial charge in [-0.1, -0.05) is 41.4 Å². The van der Waals surface area contributed by atoms with Gasteiger partial charge in [-0.3, -0.25) is 4.79 Å². The normalized spacial score (nSPS) is 10.4. The highest BCUT2D eigenvalue weighted by Crippen LogP contribution is 2.34. The third-order valence-corrected chi connectivity index (χ3v) is 4.57. The number of benzene rings is 2. The van der Waals surface area contributed by atoms with E-state index < -0.39 is 5.56 Å². The molecule has 142 valence electrons. The Bertz CT molecular complexity index is 1090. The molecule has 0 fully saturated rings. The monoisotopic (exact) mass is 414 g/mol. The Morgan fingerprint density at radius 3 is 2.57 bits per heavy atom. The van der Waals surface area contributed by atoms with Gasteiger partial charge in [-0.05, 0) is 37.3 Å². The first-order valence-corrected chi connectivity index (χ1v) is 9.21. The van der Waals surface area contributed by atoms with Crippen LogP contribution in [0.5, 0.6) is 17.2 Å². The number of aryl methyl sites for hydroxylation is 1. The fraction of sp³-hybridized carbons (Fsp3) is 0.143. The summed E-state index contributed by atoms with van der Waals surface area (Å²) in [6, 6.07) is 16.0. The van der Waals surface area contributed by atoms with Gasteiger partial charge in [0.2, 0.25) is 0 Å². The molecule has 0 saturated carbocycles. The van der Waals surface area contributed by atoms with Crippen molar-refractivity contribution in [3.05, 3.63) is 85.8 Å². The first-order valence-electron chi connectivity index (χ1n) is 8.45. The molecule has 1 aromatic heterocycles. The number of rotatable bonds is 6. The first-order chi connectivity index (χ1) is 13.5. The zero-order chi connectivity index (χ0) is 20.1. The van der Waals surface area contributed by atoms with E-state index in [-0.39, 0.29) is 10.8 Å². The van der Waals surface area contributed by atoms with E-state index >= 15 is 0 Å². The van der Waals surface area contributed by atoms with Crippen molar-refractivity contribution < 1.29 is 9.47 Å². The third kappa shape index (κ3) is 4.66. The second-order valence-electron chi connectivity index (χ2n) is 6.00. The standard InChI is InChI=1S/C21H16Cl2N2O3/c1-13-18(7-8-27-16-5-3-2-4-6-16)20(19(23)21(26)25-13)28-17-10-14(12-24)9-15(22)11-17/h2-6,9-11H,7-8H2,1H3,(H,25,26). The van der Waals surface area contributed by atoms with Gasteiger partial charge in [0.1, 0.15) is 16.5 Å². The second-order valence-corrected chi connectivity index (χ2v) is 6.82. The fourth-order valence-corrected chi connectivity index (χ4v) is 3.13. The first kappa shape index (κ1) is 19.8. The second kappa shape index (κ2) is 8.83. The third-order valence-electron chi connectivity index (χ3n) is 4.01. The number of halogens is 2. The summed E-state index contributed by atoms with van der Waals surface area (Å²) in [5.41, 5.74) is 1.22. The van der Waals surface area contributed by atoms with Crippen LogP contribution in [0.4, 0.5) is 0 Å². The van der Waals surface area contributed by atoms with Crippen LogP contribution in [0.3, 0.4) is 0 Å². The molecule has 0 bridgehead atoms. The van der Waals surface area contributed by atoms with Gasteiger partial charge < -0.3 is 14.5 Å². The van der Waals surface area contributed by atoms with E-state index in [1.165, 1.54) is 12.1 Å². The van der Waals surface area contributed by atoms with Gasteiger partial charge in [-0.25, -0.2) is 0 Å². The molecule has 2 aromatic carbocycles. The summed E-state index contributed by atoms with van der Waals surface area (Å²) in [6.45, 7) is 2.13. The van der Waals surface area contributed by atoms with Crippen molar-refractivity contribution in [3.8, 4) is 23.3 Å². The molecule has 28 heavy (non-hydrogen) atoms. The van der Waals surface area contributed by atoms with Crippen LogP contribution < -0.4 is 15.0 Å². The van der Waals surface area contributed by atoms with Crippen molar-refractivity contribution in [3.63, 3.8) is 0 Å². The maximum Gasteiger partial charge on any atom is 0.270 e. The molecule has 7 heteroatoms. The molecule has 5 nitrogen and oxygen atoms in total. The van der Waals surface area contributed by atoms with Crippen LogP contribution in [0.25, 0.3) is 0 Å². The molecular formula is C21H16Cl2N2O3. The maximum atomic E-state index is 12.1. The van der Waals surface area contributed by atoms with E-state index in [0.717, 1.165) is 5.75 Å². The minimum Gasteiger partial charge on any atom is -0.493 e. The van der Waals surface area contributed by atoms with Crippen molar-refractivity contribution in [2.45, 2.75) is 13.3 Å². The molecule has 0 atom stereocenters. The van der Waals surface area contributed by atoms with Crippen LogP contribution in [0.1, 0.15) is 16.8 Å². The molecule has 3 rings (SSSR count). The Morgan fingerprint density at radius 2 is 1.86 bits per heavy atom. The van der Waals surface area contributed by atoms with Crippen LogP contribution in [-0.4, -0.2) is 11.6 Å². The summed E-state index contributed by atoms with van der Waals surface area (Å²) in [5, 5.41) is 9.39. The highest BCUT2D eigenvalue weighted by molar-refractivity contribution is 6.32. The van der Waals surface area contributed by atoms with E-state index in [2.05, 4.69) is 4.98 Å². The lowest BCUT2D eigenvalue weighted by atomic mass is 10.1. The Kier molecular flexibility index (Phi) is 6.25. The van der Waals surface area contributed by atoms with Crippen LogP contribution in [-0.2, 0) is 6.42 Å². The lowest BCUT2D eigenvalue weighted by Gasteiger charge is -2.15. The summed E-state index contributed by atoms with van der Waals surface area (Å²) < 4.78 is 11.6. The summed E-state index contributed by atoms with van der Waals surface area (Å²) in [5.74, 6) is 1.29. The highest BCUT2D eigenvalue weighted by atomic mass is 35.5. The van der Waals surface area contributed by atoms with Crippen LogP contribution in [0.2, 0.25) is 10.0 Å². The Labute approximate surface area is 172 Å². The number of hydrogen-bond acceptors (Lipinski definition) is 4. The van der Waals surface area contributed by atoms with Crippen molar-refractivity contribution in [1.29, 1.82) is 5.26 Å². The van der Waals surface area contributed by atoms with Crippen molar-refractivity contribution in [2.75, 3.05) is 6.61 Å². The minimum absolute atomic E-state index is 0.0706. The lowest BCUT2D eigenvalue weighted by molar-refractivity contribution is 0.319. The number of para-hydroxylation sites is 1. The molecule has 1 heterocycles. The lowest BCUT2D eigenvalue weighted by Crippen LogP contribution is -2.14. The number of aromatic nitrogens is 1. The molecule has 3 aromatic rings. The molecule has 0 unspecified atom stereocenters. The number of nitrogens with one attached hydrogen (secondary N) is 1. The Balaban J connectivity index is 1.90.